The third-order valence-electron chi connectivity index (χ3n) is 2.91. The Labute approximate surface area is 124 Å². The Balaban J connectivity index is 1.88. The van der Waals surface area contributed by atoms with Gasteiger partial charge in [0.2, 0.25) is 0 Å². The molecule has 102 valence electrons. The summed E-state index contributed by atoms with van der Waals surface area (Å²) in [5.74, 6) is 0.511. The van der Waals surface area contributed by atoms with Crippen LogP contribution in [0, 0.1) is 0 Å². The maximum absolute atomic E-state index is 11.3. The van der Waals surface area contributed by atoms with Crippen LogP contribution in [0.1, 0.15) is 0 Å². The molecule has 0 fully saturated rings. The molecule has 4 N–H and O–H groups in total. The smallest absolute Gasteiger partial charge is 0.262 e. The summed E-state index contributed by atoms with van der Waals surface area (Å²) in [6, 6.07) is 11.1. The molecule has 2 aromatic carbocycles. The number of nitrogens with two attached hydrogens (primary N) is 1. The van der Waals surface area contributed by atoms with E-state index in [4.69, 9.17) is 10.5 Å². The van der Waals surface area contributed by atoms with Gasteiger partial charge < -0.3 is 21.1 Å². The summed E-state index contributed by atoms with van der Waals surface area (Å²) in [5.41, 5.74) is 8.86. The Morgan fingerprint density at radius 1 is 1.25 bits per heavy atom. The Hall–Kier alpha value is -2.21. The highest BCUT2D eigenvalue weighted by atomic mass is 79.9. The van der Waals surface area contributed by atoms with Gasteiger partial charge in [0.1, 0.15) is 5.75 Å². The van der Waals surface area contributed by atoms with E-state index in [-0.39, 0.29) is 12.5 Å². The third-order valence-corrected chi connectivity index (χ3v) is 3.40. The summed E-state index contributed by atoms with van der Waals surface area (Å²) in [6.07, 6.45) is 0. The number of nitrogen functional groups attached to an aromatic ring is 1. The van der Waals surface area contributed by atoms with Gasteiger partial charge in [-0.2, -0.15) is 0 Å². The first-order valence-electron chi connectivity index (χ1n) is 6.00. The molecule has 0 spiro atoms. The lowest BCUT2D eigenvalue weighted by molar-refractivity contribution is -0.118. The SMILES string of the molecule is Nc1cc(Br)ccc1Nc1ccc2c(c1)NC(=O)CO2. The number of amides is 1. The number of anilines is 4. The lowest BCUT2D eigenvalue weighted by Crippen LogP contribution is -2.25. The molecule has 2 aromatic rings. The van der Waals surface area contributed by atoms with Gasteiger partial charge in [0.05, 0.1) is 17.1 Å². The second kappa shape index (κ2) is 5.05. The standard InChI is InChI=1S/C14H12BrN3O2/c15-8-1-3-11(10(16)5-8)17-9-2-4-13-12(6-9)18-14(19)7-20-13/h1-6,17H,7,16H2,(H,18,19). The summed E-state index contributed by atoms with van der Waals surface area (Å²) >= 11 is 3.37. The van der Waals surface area contributed by atoms with Gasteiger partial charge in [-0.25, -0.2) is 0 Å². The third kappa shape index (κ3) is 2.55. The predicted octanol–water partition coefficient (Wildman–Crippen LogP) is 3.11. The van der Waals surface area contributed by atoms with Gasteiger partial charge in [-0.3, -0.25) is 4.79 Å². The monoisotopic (exact) mass is 333 g/mol. The van der Waals surface area contributed by atoms with Crippen molar-refractivity contribution in [2.75, 3.05) is 23.0 Å². The second-order valence-electron chi connectivity index (χ2n) is 4.40. The second-order valence-corrected chi connectivity index (χ2v) is 5.32. The molecule has 1 amide bonds. The van der Waals surface area contributed by atoms with Crippen LogP contribution >= 0.6 is 15.9 Å². The zero-order valence-electron chi connectivity index (χ0n) is 10.4. The summed E-state index contributed by atoms with van der Waals surface area (Å²) in [4.78, 5) is 11.3. The number of hydrogen-bond acceptors (Lipinski definition) is 4. The van der Waals surface area contributed by atoms with Crippen LogP contribution in [0.15, 0.2) is 40.9 Å². The van der Waals surface area contributed by atoms with E-state index in [0.717, 1.165) is 15.8 Å². The predicted molar refractivity (Wildman–Crippen MR) is 82.4 cm³/mol. The van der Waals surface area contributed by atoms with E-state index >= 15 is 0 Å². The highest BCUT2D eigenvalue weighted by Crippen LogP contribution is 2.33. The number of nitrogens with one attached hydrogen (secondary N) is 2. The van der Waals surface area contributed by atoms with Crippen LogP contribution in [-0.2, 0) is 4.79 Å². The Morgan fingerprint density at radius 2 is 2.10 bits per heavy atom. The van der Waals surface area contributed by atoms with Gasteiger partial charge in [0.25, 0.3) is 5.91 Å². The normalized spacial score (nSPS) is 13.2. The molecule has 20 heavy (non-hydrogen) atoms. The van der Waals surface area contributed by atoms with Gasteiger partial charge in [-0.15, -0.1) is 0 Å². The Morgan fingerprint density at radius 3 is 2.90 bits per heavy atom. The van der Waals surface area contributed by atoms with Crippen LogP contribution in [0.25, 0.3) is 0 Å². The zero-order chi connectivity index (χ0) is 14.1. The summed E-state index contributed by atoms with van der Waals surface area (Å²) in [7, 11) is 0. The van der Waals surface area contributed by atoms with E-state index in [9.17, 15) is 4.79 Å². The molecule has 1 heterocycles. The van der Waals surface area contributed by atoms with Crippen molar-refractivity contribution in [1.29, 1.82) is 0 Å². The number of hydrogen-bond donors (Lipinski definition) is 3. The molecule has 1 aliphatic rings. The number of benzene rings is 2. The summed E-state index contributed by atoms with van der Waals surface area (Å²) in [6.45, 7) is 0.0550. The van der Waals surface area contributed by atoms with Crippen LogP contribution in [0.3, 0.4) is 0 Å². The van der Waals surface area contributed by atoms with Crippen molar-refractivity contribution < 1.29 is 9.53 Å². The molecule has 1 aliphatic heterocycles. The molecule has 0 aromatic heterocycles. The molecular formula is C14H12BrN3O2. The van der Waals surface area contributed by atoms with Crippen molar-refractivity contribution in [1.82, 2.24) is 0 Å². The largest absolute Gasteiger partial charge is 0.482 e. The van der Waals surface area contributed by atoms with Crippen LogP contribution in [0.5, 0.6) is 5.75 Å². The number of fused-ring (bicyclic) bond motifs is 1. The van der Waals surface area contributed by atoms with E-state index < -0.39 is 0 Å². The highest BCUT2D eigenvalue weighted by Gasteiger charge is 2.16. The highest BCUT2D eigenvalue weighted by molar-refractivity contribution is 9.10. The van der Waals surface area contributed by atoms with Gasteiger partial charge in [0.15, 0.2) is 6.61 Å². The molecule has 0 atom stereocenters. The van der Waals surface area contributed by atoms with E-state index in [1.165, 1.54) is 0 Å². The van der Waals surface area contributed by atoms with Crippen LogP contribution in [0.2, 0.25) is 0 Å². The lowest BCUT2D eigenvalue weighted by Gasteiger charge is -2.19. The fourth-order valence-electron chi connectivity index (χ4n) is 1.96. The minimum Gasteiger partial charge on any atom is -0.482 e. The average molecular weight is 334 g/mol. The molecule has 0 bridgehead atoms. The molecule has 3 rings (SSSR count). The number of rotatable bonds is 2. The van der Waals surface area contributed by atoms with Crippen molar-refractivity contribution in [3.8, 4) is 5.75 Å². The molecule has 0 radical (unpaired) electrons. The minimum atomic E-state index is -0.155. The maximum atomic E-state index is 11.3. The molecule has 6 heteroatoms. The molecular weight excluding hydrogens is 322 g/mol. The number of carbonyl (C=O) groups is 1. The van der Waals surface area contributed by atoms with Crippen LogP contribution in [-0.4, -0.2) is 12.5 Å². The number of halogens is 1. The van der Waals surface area contributed by atoms with Crippen molar-refractivity contribution in [2.45, 2.75) is 0 Å². The van der Waals surface area contributed by atoms with Gasteiger partial charge in [0, 0.05) is 10.2 Å². The van der Waals surface area contributed by atoms with Crippen LogP contribution < -0.4 is 21.1 Å². The molecule has 0 saturated carbocycles. The first kappa shape index (κ1) is 12.8. The van der Waals surface area contributed by atoms with Crippen molar-refractivity contribution >= 4 is 44.6 Å². The quantitative estimate of drug-likeness (QED) is 0.738. The topological polar surface area (TPSA) is 76.4 Å². The minimum absolute atomic E-state index is 0.0550. The average Bonchev–Trinajstić information content (AvgIpc) is 2.41. The van der Waals surface area contributed by atoms with E-state index in [2.05, 4.69) is 26.6 Å². The molecule has 0 saturated heterocycles. The van der Waals surface area contributed by atoms with Crippen LogP contribution in [0.4, 0.5) is 22.7 Å². The fraction of sp³-hybridized carbons (Fsp3) is 0.0714. The lowest BCUT2D eigenvalue weighted by atomic mass is 10.2. The first-order chi connectivity index (χ1) is 9.61. The van der Waals surface area contributed by atoms with Crippen molar-refractivity contribution in [3.05, 3.63) is 40.9 Å². The Kier molecular flexibility index (Phi) is 3.23. The zero-order valence-corrected chi connectivity index (χ0v) is 12.0. The summed E-state index contributed by atoms with van der Waals surface area (Å²) < 4.78 is 6.23. The molecule has 0 unspecified atom stereocenters. The van der Waals surface area contributed by atoms with E-state index in [1.54, 1.807) is 0 Å². The van der Waals surface area contributed by atoms with Crippen molar-refractivity contribution in [2.24, 2.45) is 0 Å². The molecule has 5 nitrogen and oxygen atoms in total. The Bertz CT molecular complexity index is 688. The van der Waals surface area contributed by atoms with Crippen molar-refractivity contribution in [3.63, 3.8) is 0 Å². The molecule has 0 aliphatic carbocycles. The summed E-state index contributed by atoms with van der Waals surface area (Å²) in [5, 5.41) is 5.98. The van der Waals surface area contributed by atoms with Gasteiger partial charge in [-0.05, 0) is 36.4 Å². The fourth-order valence-corrected chi connectivity index (χ4v) is 2.34. The van der Waals surface area contributed by atoms with E-state index in [0.29, 0.717) is 17.1 Å². The number of carbonyl (C=O) groups excluding carboxylic acids is 1. The van der Waals surface area contributed by atoms with Gasteiger partial charge in [-0.1, -0.05) is 15.9 Å². The first-order valence-corrected chi connectivity index (χ1v) is 6.80. The number of ether oxygens (including phenoxy) is 1. The maximum Gasteiger partial charge on any atom is 0.262 e. The van der Waals surface area contributed by atoms with Gasteiger partial charge >= 0.3 is 0 Å². The van der Waals surface area contributed by atoms with E-state index in [1.807, 2.05) is 36.4 Å².